The molecule has 0 radical (unpaired) electrons. The van der Waals surface area contributed by atoms with Gasteiger partial charge in [0, 0.05) is 6.61 Å². The van der Waals surface area contributed by atoms with Crippen molar-refractivity contribution in [2.75, 3.05) is 6.61 Å². The van der Waals surface area contributed by atoms with Crippen molar-refractivity contribution in [2.45, 2.75) is 45.5 Å². The van der Waals surface area contributed by atoms with Crippen molar-refractivity contribution < 1.29 is 9.53 Å². The molecule has 78 valence electrons. The van der Waals surface area contributed by atoms with Gasteiger partial charge in [-0.25, -0.2) is 0 Å². The Hall–Kier alpha value is 0.137. The van der Waals surface area contributed by atoms with E-state index in [0.29, 0.717) is 6.61 Å². The van der Waals surface area contributed by atoms with Crippen molar-refractivity contribution in [1.29, 1.82) is 0 Å². The molecule has 0 N–H and O–H groups in total. The molecule has 0 saturated heterocycles. The Morgan fingerprint density at radius 1 is 1.54 bits per heavy atom. The van der Waals surface area contributed by atoms with Crippen LogP contribution < -0.4 is 0 Å². The minimum Gasteiger partial charge on any atom is -0.371 e. The molecule has 0 aromatic carbocycles. The minimum atomic E-state index is -1.45. The molecule has 0 rings (SSSR count). The maximum atomic E-state index is 10.8. The van der Waals surface area contributed by atoms with Crippen LogP contribution in [0.4, 0.5) is 0 Å². The normalized spacial score (nSPS) is 14.2. The third-order valence-corrected chi connectivity index (χ3v) is 3.97. The fraction of sp³-hybridized carbons (Fsp3) is 0.889. The van der Waals surface area contributed by atoms with E-state index in [0.717, 1.165) is 12.5 Å². The van der Waals surface area contributed by atoms with Crippen molar-refractivity contribution in [3.05, 3.63) is 0 Å². The summed E-state index contributed by atoms with van der Waals surface area (Å²) in [6.45, 7) is 8.20. The van der Waals surface area contributed by atoms with Gasteiger partial charge in [-0.3, -0.25) is 4.79 Å². The van der Waals surface area contributed by atoms with Gasteiger partial charge in [-0.05, 0) is 26.3 Å². The molecule has 2 nitrogen and oxygen atoms in total. The Bertz CT molecular complexity index is 165. The highest BCUT2D eigenvalue weighted by atomic mass is 35.6. The van der Waals surface area contributed by atoms with E-state index in [9.17, 15) is 4.79 Å². The van der Waals surface area contributed by atoms with Crippen LogP contribution in [0.5, 0.6) is 0 Å². The molecule has 13 heavy (non-hydrogen) atoms. The van der Waals surface area contributed by atoms with E-state index >= 15 is 0 Å². The van der Waals surface area contributed by atoms with E-state index in [4.69, 9.17) is 15.8 Å². The zero-order valence-corrected chi connectivity index (χ0v) is 10.6. The Labute approximate surface area is 86.3 Å². The third kappa shape index (κ3) is 8.47. The lowest BCUT2D eigenvalue weighted by Gasteiger charge is -2.13. The fourth-order valence-electron chi connectivity index (χ4n) is 0.870. The largest absolute Gasteiger partial charge is 0.371 e. The second-order valence-corrected chi connectivity index (χ2v) is 11.0. The number of carbonyl (C=O) groups is 1. The smallest absolute Gasteiger partial charge is 0.158 e. The lowest BCUT2D eigenvalue weighted by atomic mass is 10.3. The first-order valence-corrected chi connectivity index (χ1v) is 8.86. The van der Waals surface area contributed by atoms with E-state index in [1.807, 2.05) is 0 Å². The lowest BCUT2D eigenvalue weighted by Crippen LogP contribution is -2.20. The predicted octanol–water partition coefficient (Wildman–Crippen LogP) is 2.81. The van der Waals surface area contributed by atoms with E-state index in [1.165, 1.54) is 0 Å². The molecular formula is C9H19ClO2Si. The van der Waals surface area contributed by atoms with Gasteiger partial charge in [0.2, 0.25) is 0 Å². The van der Waals surface area contributed by atoms with Crippen LogP contribution in [0.15, 0.2) is 0 Å². The molecule has 1 atom stereocenters. The SMILES string of the molecule is CC(=O)C(C)OCCC[Si](C)(C)Cl. The van der Waals surface area contributed by atoms with Crippen molar-refractivity contribution in [2.24, 2.45) is 0 Å². The number of hydrogen-bond acceptors (Lipinski definition) is 2. The van der Waals surface area contributed by atoms with Gasteiger partial charge in [-0.2, -0.15) is 11.1 Å². The summed E-state index contributed by atoms with van der Waals surface area (Å²) in [6, 6.07) is 1.04. The molecule has 0 fully saturated rings. The van der Waals surface area contributed by atoms with Crippen molar-refractivity contribution in [1.82, 2.24) is 0 Å². The molecule has 0 saturated carbocycles. The van der Waals surface area contributed by atoms with Gasteiger partial charge in [0.05, 0.1) is 0 Å². The molecule has 0 aliphatic carbocycles. The minimum absolute atomic E-state index is 0.0855. The van der Waals surface area contributed by atoms with E-state index in [-0.39, 0.29) is 11.9 Å². The van der Waals surface area contributed by atoms with Gasteiger partial charge < -0.3 is 4.74 Å². The molecule has 0 bridgehead atoms. The van der Waals surface area contributed by atoms with Crippen LogP contribution in [0.2, 0.25) is 19.1 Å². The first kappa shape index (κ1) is 13.1. The van der Waals surface area contributed by atoms with Gasteiger partial charge in [0.1, 0.15) is 6.10 Å². The fourth-order valence-corrected chi connectivity index (χ4v) is 2.26. The summed E-state index contributed by atoms with van der Waals surface area (Å²) in [7, 11) is -1.45. The number of hydrogen-bond donors (Lipinski definition) is 0. The number of ether oxygens (including phenoxy) is 1. The number of carbonyl (C=O) groups excluding carboxylic acids is 1. The average Bonchev–Trinajstić information content (AvgIpc) is 1.95. The van der Waals surface area contributed by atoms with Crippen LogP contribution in [0.3, 0.4) is 0 Å². The average molecular weight is 223 g/mol. The highest BCUT2D eigenvalue weighted by Gasteiger charge is 2.16. The first-order chi connectivity index (χ1) is 5.83. The highest BCUT2D eigenvalue weighted by Crippen LogP contribution is 2.16. The standard InChI is InChI=1S/C9H19ClO2Si/c1-8(11)9(2)12-6-5-7-13(3,4)10/h9H,5-7H2,1-4H3. The van der Waals surface area contributed by atoms with Crippen molar-refractivity contribution >= 4 is 24.2 Å². The van der Waals surface area contributed by atoms with Crippen LogP contribution in [0.25, 0.3) is 0 Å². The maximum Gasteiger partial charge on any atom is 0.158 e. The maximum absolute atomic E-state index is 10.8. The molecule has 0 aliphatic rings. The second kappa shape index (κ2) is 5.78. The summed E-state index contributed by atoms with van der Waals surface area (Å²) in [4.78, 5) is 10.8. The summed E-state index contributed by atoms with van der Waals surface area (Å²) < 4.78 is 5.31. The summed E-state index contributed by atoms with van der Waals surface area (Å²) >= 11 is 6.13. The monoisotopic (exact) mass is 222 g/mol. The molecule has 0 aromatic rings. The zero-order valence-electron chi connectivity index (χ0n) is 8.89. The van der Waals surface area contributed by atoms with Gasteiger partial charge >= 0.3 is 0 Å². The quantitative estimate of drug-likeness (QED) is 0.393. The molecule has 0 spiro atoms. The van der Waals surface area contributed by atoms with Crippen molar-refractivity contribution in [3.8, 4) is 0 Å². The molecule has 0 heterocycles. The van der Waals surface area contributed by atoms with Gasteiger partial charge in [0.25, 0.3) is 0 Å². The molecule has 0 aliphatic heterocycles. The predicted molar refractivity (Wildman–Crippen MR) is 58.9 cm³/mol. The number of ketones is 1. The number of Topliss-reactive ketones (excluding diaryl/α,β-unsaturated/α-hetero) is 1. The lowest BCUT2D eigenvalue weighted by molar-refractivity contribution is -0.127. The molecule has 4 heteroatoms. The summed E-state index contributed by atoms with van der Waals surface area (Å²) in [5, 5.41) is 0. The Morgan fingerprint density at radius 3 is 2.46 bits per heavy atom. The number of rotatable bonds is 6. The molecule has 1 unspecified atom stereocenters. The van der Waals surface area contributed by atoms with Crippen LogP contribution in [0, 0.1) is 0 Å². The Morgan fingerprint density at radius 2 is 2.08 bits per heavy atom. The van der Waals surface area contributed by atoms with Crippen LogP contribution in [-0.2, 0) is 9.53 Å². The van der Waals surface area contributed by atoms with Crippen LogP contribution in [-0.4, -0.2) is 25.9 Å². The Balaban J connectivity index is 3.41. The van der Waals surface area contributed by atoms with Crippen LogP contribution in [0.1, 0.15) is 20.3 Å². The first-order valence-electron chi connectivity index (χ1n) is 4.64. The molecular weight excluding hydrogens is 204 g/mol. The van der Waals surface area contributed by atoms with Gasteiger partial charge in [-0.15, -0.1) is 0 Å². The highest BCUT2D eigenvalue weighted by molar-refractivity contribution is 7.19. The van der Waals surface area contributed by atoms with E-state index in [1.54, 1.807) is 13.8 Å². The second-order valence-electron chi connectivity index (χ2n) is 3.95. The van der Waals surface area contributed by atoms with Gasteiger partial charge in [-0.1, -0.05) is 13.1 Å². The van der Waals surface area contributed by atoms with Gasteiger partial charge in [0.15, 0.2) is 13.2 Å². The number of halogens is 1. The Kier molecular flexibility index (Phi) is 5.84. The van der Waals surface area contributed by atoms with E-state index < -0.39 is 7.38 Å². The summed E-state index contributed by atoms with van der Waals surface area (Å²) in [5.41, 5.74) is 0. The zero-order chi connectivity index (χ0) is 10.5. The van der Waals surface area contributed by atoms with Crippen molar-refractivity contribution in [3.63, 3.8) is 0 Å². The summed E-state index contributed by atoms with van der Waals surface area (Å²) in [6.07, 6.45) is 0.695. The topological polar surface area (TPSA) is 26.3 Å². The molecule has 0 amide bonds. The van der Waals surface area contributed by atoms with E-state index in [2.05, 4.69) is 13.1 Å². The molecule has 0 aromatic heterocycles. The summed E-state index contributed by atoms with van der Waals surface area (Å²) in [5.74, 6) is 0.0855. The third-order valence-electron chi connectivity index (χ3n) is 1.86. The van der Waals surface area contributed by atoms with Crippen LogP contribution >= 0.6 is 11.1 Å².